The number of hydrogen-bond donors (Lipinski definition) is 2. The first-order chi connectivity index (χ1) is 3.15. The molecule has 9 heavy (non-hydrogen) atoms. The molecule has 2 N–H and O–H groups in total. The second-order valence-electron chi connectivity index (χ2n) is 0.753. The minimum atomic E-state index is -2.87. The zero-order valence-corrected chi connectivity index (χ0v) is 8.97. The predicted molar refractivity (Wildman–Crippen MR) is 39.9 cm³/mol. The largest absolute Gasteiger partial charge is 2.00 e. The third-order valence-electron chi connectivity index (χ3n) is 0. The maximum Gasteiger partial charge on any atom is 2.00 e. The smallest absolute Gasteiger partial charge is 0.358 e. The first-order valence-corrected chi connectivity index (χ1v) is 2.95. The van der Waals surface area contributed by atoms with Crippen LogP contribution in [0.1, 0.15) is 13.3 Å². The van der Waals surface area contributed by atoms with E-state index in [4.69, 9.17) is 14.4 Å². The molecule has 52 valence electrons. The van der Waals surface area contributed by atoms with Crippen LogP contribution in [0.2, 0.25) is 0 Å². The third-order valence-corrected chi connectivity index (χ3v) is 0. The summed E-state index contributed by atoms with van der Waals surface area (Å²) in [7, 11) is -2.87. The van der Waals surface area contributed by atoms with Crippen LogP contribution in [-0.4, -0.2) is 47.5 Å². The van der Waals surface area contributed by atoms with Crippen LogP contribution in [-0.2, 0) is 4.57 Å². The quantitative estimate of drug-likeness (QED) is 0.330. The fourth-order valence-corrected chi connectivity index (χ4v) is 0. The van der Waals surface area contributed by atoms with Crippen molar-refractivity contribution in [3.63, 3.8) is 0 Å². The van der Waals surface area contributed by atoms with Gasteiger partial charge in [-0.25, -0.2) is 0 Å². The predicted octanol–water partition coefficient (Wildman–Crippen LogP) is 0.928. The van der Waals surface area contributed by atoms with Crippen LogP contribution in [0, 0.1) is 14.4 Å². The van der Waals surface area contributed by atoms with Gasteiger partial charge in [0.25, 0.3) is 0 Å². The van der Waals surface area contributed by atoms with Gasteiger partial charge in [-0.2, -0.15) is 6.42 Å². The number of hydrogen-bond acceptors (Lipinski definition) is 1. The van der Waals surface area contributed by atoms with Crippen LogP contribution in [0.3, 0.4) is 0 Å². The van der Waals surface area contributed by atoms with E-state index < -0.39 is 8.25 Å². The Morgan fingerprint density at radius 2 is 1.56 bits per heavy atom. The summed E-state index contributed by atoms with van der Waals surface area (Å²) in [5, 5.41) is 0. The second-order valence-corrected chi connectivity index (χ2v) is 1.26. The van der Waals surface area contributed by atoms with Gasteiger partial charge in [-0.1, -0.05) is 6.92 Å². The van der Waals surface area contributed by atoms with Crippen molar-refractivity contribution in [3.8, 4) is 0 Å². The second kappa shape index (κ2) is 22.8. The van der Waals surface area contributed by atoms with E-state index in [9.17, 15) is 0 Å². The molecule has 0 aromatic carbocycles. The minimum Gasteiger partial charge on any atom is -0.358 e. The molecular formula is C4H12CaO3P+. The Hall–Kier alpha value is 1.28. The summed E-state index contributed by atoms with van der Waals surface area (Å²) < 4.78 is 8.70. The van der Waals surface area contributed by atoms with E-state index in [0.29, 0.717) is 0 Å². The van der Waals surface area contributed by atoms with Crippen LogP contribution in [0.15, 0.2) is 0 Å². The molecule has 0 aliphatic rings. The molecule has 0 aromatic heterocycles. The Kier molecular flexibility index (Phi) is 56.9. The average molecular weight is 179 g/mol. The molecule has 0 saturated heterocycles. The van der Waals surface area contributed by atoms with Gasteiger partial charge in [-0.05, 0) is 0 Å². The van der Waals surface area contributed by atoms with Crippen LogP contribution in [0.4, 0.5) is 0 Å². The molecule has 0 saturated carbocycles. The van der Waals surface area contributed by atoms with Gasteiger partial charge in [0.05, 0.1) is 0 Å². The Morgan fingerprint density at radius 1 is 1.56 bits per heavy atom. The van der Waals surface area contributed by atoms with Gasteiger partial charge in [0.1, 0.15) is 0 Å². The van der Waals surface area contributed by atoms with Crippen LogP contribution >= 0.6 is 8.25 Å². The van der Waals surface area contributed by atoms with Gasteiger partial charge in [0.2, 0.25) is 0 Å². The molecule has 0 aliphatic heterocycles. The molecule has 0 aromatic rings. The summed E-state index contributed by atoms with van der Waals surface area (Å²) in [5.74, 6) is 0. The van der Waals surface area contributed by atoms with Crippen molar-refractivity contribution in [1.29, 1.82) is 0 Å². The normalized spacial score (nSPS) is 4.89. The summed E-state index contributed by atoms with van der Waals surface area (Å²) in [4.78, 5) is 14.2. The summed E-state index contributed by atoms with van der Waals surface area (Å²) in [6.07, 6.45) is 1.00. The standard InChI is InChI=1S/C3H7.CH3.Ca.HO3P/c1-3-2;;;1-4(2)3/h1,3H2,2H3;1H3;;(H-,1,2,3)/q2*-1;+2;/p+1. The van der Waals surface area contributed by atoms with E-state index in [0.717, 1.165) is 6.42 Å². The van der Waals surface area contributed by atoms with Gasteiger partial charge in [-0.3, -0.25) is 0 Å². The Morgan fingerprint density at radius 3 is 1.56 bits per heavy atom. The molecule has 0 rings (SSSR count). The minimum absolute atomic E-state index is 0. The van der Waals surface area contributed by atoms with Crippen LogP contribution < -0.4 is 0 Å². The Labute approximate surface area is 87.4 Å². The van der Waals surface area contributed by atoms with Crippen molar-refractivity contribution in [2.75, 3.05) is 0 Å². The average Bonchev–Trinajstić information content (AvgIpc) is 1.33. The summed E-state index contributed by atoms with van der Waals surface area (Å²) in [6.45, 7) is 5.50. The van der Waals surface area contributed by atoms with Gasteiger partial charge in [0, 0.05) is 4.57 Å². The van der Waals surface area contributed by atoms with Crippen molar-refractivity contribution in [1.82, 2.24) is 0 Å². The maximum absolute atomic E-state index is 8.70. The van der Waals surface area contributed by atoms with E-state index in [1.165, 1.54) is 0 Å². The van der Waals surface area contributed by atoms with Crippen molar-refractivity contribution >= 4 is 46.0 Å². The van der Waals surface area contributed by atoms with Gasteiger partial charge < -0.3 is 14.4 Å². The maximum atomic E-state index is 8.70. The van der Waals surface area contributed by atoms with Gasteiger partial charge in [-0.15, -0.1) is 9.79 Å². The van der Waals surface area contributed by atoms with Gasteiger partial charge in [0.15, 0.2) is 0 Å². The van der Waals surface area contributed by atoms with Crippen molar-refractivity contribution < 1.29 is 14.4 Å². The molecule has 0 heterocycles. The van der Waals surface area contributed by atoms with Crippen LogP contribution in [0.5, 0.6) is 0 Å². The molecule has 0 atom stereocenters. The topological polar surface area (TPSA) is 57.5 Å². The fraction of sp³-hybridized carbons (Fsp3) is 0.500. The first-order valence-electron chi connectivity index (χ1n) is 1.79. The molecule has 0 unspecified atom stereocenters. The van der Waals surface area contributed by atoms with E-state index in [1.807, 2.05) is 6.92 Å². The summed E-state index contributed by atoms with van der Waals surface area (Å²) >= 11 is 0. The zero-order chi connectivity index (χ0) is 6.28. The fourth-order valence-electron chi connectivity index (χ4n) is 0. The monoisotopic (exact) mass is 179 g/mol. The van der Waals surface area contributed by atoms with E-state index in [2.05, 4.69) is 6.92 Å². The molecule has 3 nitrogen and oxygen atoms in total. The van der Waals surface area contributed by atoms with E-state index >= 15 is 0 Å². The zero-order valence-electron chi connectivity index (χ0n) is 5.87. The SMILES string of the molecule is O=[P+](O)O.[CH2-]CC.[CH3-].[Ca+2]. The molecule has 0 radical (unpaired) electrons. The number of rotatable bonds is 0. The molecule has 0 bridgehead atoms. The summed E-state index contributed by atoms with van der Waals surface area (Å²) in [5.41, 5.74) is 0. The van der Waals surface area contributed by atoms with E-state index in [-0.39, 0.29) is 45.2 Å². The Balaban J connectivity index is -0.0000000233. The molecule has 0 aliphatic carbocycles. The third kappa shape index (κ3) is 300. The first kappa shape index (κ1) is 22.4. The molecule has 0 spiro atoms. The van der Waals surface area contributed by atoms with E-state index in [1.54, 1.807) is 0 Å². The molecular weight excluding hydrogens is 167 g/mol. The van der Waals surface area contributed by atoms with Gasteiger partial charge >= 0.3 is 46.0 Å². The van der Waals surface area contributed by atoms with Crippen molar-refractivity contribution in [3.05, 3.63) is 14.4 Å². The van der Waals surface area contributed by atoms with Crippen molar-refractivity contribution in [2.45, 2.75) is 13.3 Å². The molecule has 0 fully saturated rings. The van der Waals surface area contributed by atoms with Crippen molar-refractivity contribution in [2.24, 2.45) is 0 Å². The van der Waals surface area contributed by atoms with Crippen LogP contribution in [0.25, 0.3) is 0 Å². The molecule has 5 heteroatoms. The summed E-state index contributed by atoms with van der Waals surface area (Å²) in [6, 6.07) is 0. The Bertz CT molecular complexity index is 47.1. The molecule has 0 amide bonds.